The maximum atomic E-state index is 12.1. The van der Waals surface area contributed by atoms with Gasteiger partial charge in [0.1, 0.15) is 0 Å². The third-order valence-electron chi connectivity index (χ3n) is 3.45. The number of hydrogen-bond donors (Lipinski definition) is 0. The second-order valence-corrected chi connectivity index (χ2v) is 5.99. The first kappa shape index (κ1) is 13.0. The van der Waals surface area contributed by atoms with Crippen molar-refractivity contribution in [3.8, 4) is 0 Å². The lowest BCUT2D eigenvalue weighted by atomic mass is 10.0. The summed E-state index contributed by atoms with van der Waals surface area (Å²) in [5.41, 5.74) is 0.836. The highest BCUT2D eigenvalue weighted by atomic mass is 127. The van der Waals surface area contributed by atoms with Crippen LogP contribution in [-0.2, 0) is 0 Å². The van der Waals surface area contributed by atoms with Gasteiger partial charge in [0.2, 0.25) is 0 Å². The molecule has 0 radical (unpaired) electrons. The molecular formula is C14H18INO. The summed E-state index contributed by atoms with van der Waals surface area (Å²) >= 11 is 2.26. The second-order valence-electron chi connectivity index (χ2n) is 4.75. The number of carbonyl (C=O) groups is 1. The molecule has 1 unspecified atom stereocenters. The number of halogens is 1. The lowest BCUT2D eigenvalue weighted by Crippen LogP contribution is -2.40. The molecule has 1 aliphatic heterocycles. The van der Waals surface area contributed by atoms with Crippen molar-refractivity contribution >= 4 is 28.4 Å². The topological polar surface area (TPSA) is 20.3 Å². The van der Waals surface area contributed by atoms with Crippen molar-refractivity contribution in [2.45, 2.75) is 32.2 Å². The average molecular weight is 343 g/mol. The zero-order chi connectivity index (χ0) is 12.3. The van der Waals surface area contributed by atoms with Crippen LogP contribution < -0.4 is 0 Å². The number of likely N-dealkylation sites (tertiary alicyclic amines) is 1. The highest BCUT2D eigenvalue weighted by molar-refractivity contribution is 14.1. The predicted octanol–water partition coefficient (Wildman–Crippen LogP) is 3.35. The summed E-state index contributed by atoms with van der Waals surface area (Å²) in [6.07, 6.45) is 3.75. The molecule has 92 valence electrons. The van der Waals surface area contributed by atoms with E-state index in [1.165, 1.54) is 22.8 Å². The molecule has 0 saturated carbocycles. The minimum absolute atomic E-state index is 0.246. The lowest BCUT2D eigenvalue weighted by Gasteiger charge is -2.32. The van der Waals surface area contributed by atoms with Crippen LogP contribution in [0.3, 0.4) is 0 Å². The zero-order valence-electron chi connectivity index (χ0n) is 10.2. The molecule has 1 aliphatic rings. The summed E-state index contributed by atoms with van der Waals surface area (Å²) in [7, 11) is 0. The van der Waals surface area contributed by atoms with Gasteiger partial charge in [-0.3, -0.25) is 9.69 Å². The van der Waals surface area contributed by atoms with Gasteiger partial charge in [0.15, 0.2) is 5.78 Å². The number of rotatable bonds is 3. The second kappa shape index (κ2) is 5.96. The van der Waals surface area contributed by atoms with Crippen molar-refractivity contribution in [1.29, 1.82) is 0 Å². The van der Waals surface area contributed by atoms with Crippen molar-refractivity contribution in [3.05, 3.63) is 33.4 Å². The first-order valence-electron chi connectivity index (χ1n) is 6.19. The molecule has 0 aliphatic carbocycles. The minimum Gasteiger partial charge on any atom is -0.293 e. The number of piperidine rings is 1. The number of benzene rings is 1. The first-order chi connectivity index (χ1) is 8.16. The first-order valence-corrected chi connectivity index (χ1v) is 7.27. The molecule has 1 saturated heterocycles. The summed E-state index contributed by atoms with van der Waals surface area (Å²) in [5.74, 6) is 0.246. The molecule has 17 heavy (non-hydrogen) atoms. The minimum atomic E-state index is 0.246. The van der Waals surface area contributed by atoms with Crippen LogP contribution in [0.15, 0.2) is 24.3 Å². The average Bonchev–Trinajstić information content (AvgIpc) is 2.33. The van der Waals surface area contributed by atoms with Gasteiger partial charge < -0.3 is 0 Å². The molecule has 2 rings (SSSR count). The van der Waals surface area contributed by atoms with E-state index >= 15 is 0 Å². The van der Waals surface area contributed by atoms with E-state index in [9.17, 15) is 4.79 Å². The molecule has 3 heteroatoms. The normalized spacial score (nSPS) is 21.4. The number of carbonyl (C=O) groups excluding carboxylic acids is 1. The monoisotopic (exact) mass is 343 g/mol. The Morgan fingerprint density at radius 1 is 1.35 bits per heavy atom. The van der Waals surface area contributed by atoms with E-state index in [4.69, 9.17) is 0 Å². The van der Waals surface area contributed by atoms with Crippen LogP contribution in [0.1, 0.15) is 36.5 Å². The summed E-state index contributed by atoms with van der Waals surface area (Å²) in [4.78, 5) is 14.4. The standard InChI is InChI=1S/C14H18INO/c1-11-4-2-3-9-16(11)10-14(17)12-5-7-13(15)8-6-12/h5-8,11H,2-4,9-10H2,1H3. The summed E-state index contributed by atoms with van der Waals surface area (Å²) < 4.78 is 1.17. The molecule has 1 heterocycles. The van der Waals surface area contributed by atoms with Gasteiger partial charge >= 0.3 is 0 Å². The molecule has 1 aromatic rings. The van der Waals surface area contributed by atoms with Crippen molar-refractivity contribution in [2.24, 2.45) is 0 Å². The van der Waals surface area contributed by atoms with E-state index < -0.39 is 0 Å². The van der Waals surface area contributed by atoms with E-state index in [1.54, 1.807) is 0 Å². The highest BCUT2D eigenvalue weighted by Crippen LogP contribution is 2.17. The number of Topliss-reactive ketones (excluding diaryl/α,β-unsaturated/α-hetero) is 1. The Labute approximate surface area is 117 Å². The van der Waals surface area contributed by atoms with E-state index in [0.29, 0.717) is 12.6 Å². The van der Waals surface area contributed by atoms with Crippen molar-refractivity contribution < 1.29 is 4.79 Å². The van der Waals surface area contributed by atoms with Crippen molar-refractivity contribution in [3.63, 3.8) is 0 Å². The predicted molar refractivity (Wildman–Crippen MR) is 78.4 cm³/mol. The van der Waals surface area contributed by atoms with Gasteiger partial charge in [0.25, 0.3) is 0 Å². The maximum absolute atomic E-state index is 12.1. The molecule has 1 aromatic carbocycles. The quantitative estimate of drug-likeness (QED) is 0.620. The Morgan fingerprint density at radius 2 is 2.06 bits per heavy atom. The molecule has 2 nitrogen and oxygen atoms in total. The molecule has 0 aromatic heterocycles. The third kappa shape index (κ3) is 3.52. The number of nitrogens with zero attached hydrogens (tertiary/aromatic N) is 1. The molecule has 0 N–H and O–H groups in total. The summed E-state index contributed by atoms with van der Waals surface area (Å²) in [6.45, 7) is 3.86. The van der Waals surface area contributed by atoms with Gasteiger partial charge in [0.05, 0.1) is 6.54 Å². The van der Waals surface area contributed by atoms with Gasteiger partial charge in [-0.15, -0.1) is 0 Å². The summed E-state index contributed by atoms with van der Waals surface area (Å²) in [6, 6.07) is 8.40. The van der Waals surface area contributed by atoms with E-state index in [1.807, 2.05) is 24.3 Å². The van der Waals surface area contributed by atoms with Crippen LogP contribution in [0.5, 0.6) is 0 Å². The van der Waals surface area contributed by atoms with Gasteiger partial charge in [-0.05, 0) is 61.0 Å². The Morgan fingerprint density at radius 3 is 2.71 bits per heavy atom. The van der Waals surface area contributed by atoms with Gasteiger partial charge in [0, 0.05) is 15.2 Å². The van der Waals surface area contributed by atoms with E-state index in [2.05, 4.69) is 34.4 Å². The molecule has 1 atom stereocenters. The van der Waals surface area contributed by atoms with Crippen LogP contribution in [0, 0.1) is 3.57 Å². The van der Waals surface area contributed by atoms with Gasteiger partial charge in [-0.1, -0.05) is 18.6 Å². The van der Waals surface area contributed by atoms with Crippen LogP contribution in [-0.4, -0.2) is 29.8 Å². The molecule has 0 bridgehead atoms. The summed E-state index contributed by atoms with van der Waals surface area (Å²) in [5, 5.41) is 0. The fraction of sp³-hybridized carbons (Fsp3) is 0.500. The van der Waals surface area contributed by atoms with E-state index in [-0.39, 0.29) is 5.78 Å². The fourth-order valence-electron chi connectivity index (χ4n) is 2.30. The van der Waals surface area contributed by atoms with Crippen LogP contribution in [0.4, 0.5) is 0 Å². The Hall–Kier alpha value is -0.420. The van der Waals surface area contributed by atoms with Gasteiger partial charge in [-0.2, -0.15) is 0 Å². The van der Waals surface area contributed by atoms with Crippen LogP contribution in [0.25, 0.3) is 0 Å². The lowest BCUT2D eigenvalue weighted by molar-refractivity contribution is 0.0860. The van der Waals surface area contributed by atoms with Gasteiger partial charge in [-0.25, -0.2) is 0 Å². The highest BCUT2D eigenvalue weighted by Gasteiger charge is 2.20. The van der Waals surface area contributed by atoms with Crippen LogP contribution in [0.2, 0.25) is 0 Å². The Bertz CT molecular complexity index is 388. The Balaban J connectivity index is 1.98. The Kier molecular flexibility index (Phi) is 4.56. The SMILES string of the molecule is CC1CCCCN1CC(=O)c1ccc(I)cc1. The smallest absolute Gasteiger partial charge is 0.176 e. The zero-order valence-corrected chi connectivity index (χ0v) is 12.3. The number of ketones is 1. The number of hydrogen-bond acceptors (Lipinski definition) is 2. The van der Waals surface area contributed by atoms with E-state index in [0.717, 1.165) is 12.1 Å². The molecular weight excluding hydrogens is 325 g/mol. The molecule has 0 amide bonds. The van der Waals surface area contributed by atoms with Crippen molar-refractivity contribution in [2.75, 3.05) is 13.1 Å². The maximum Gasteiger partial charge on any atom is 0.176 e. The largest absolute Gasteiger partial charge is 0.293 e. The molecule has 1 fully saturated rings. The fourth-order valence-corrected chi connectivity index (χ4v) is 2.66. The third-order valence-corrected chi connectivity index (χ3v) is 4.17. The molecule has 0 spiro atoms. The van der Waals surface area contributed by atoms with Crippen LogP contribution >= 0.6 is 22.6 Å². The van der Waals surface area contributed by atoms with Crippen molar-refractivity contribution in [1.82, 2.24) is 4.90 Å².